The monoisotopic (exact) mass is 193 g/mol. The second kappa shape index (κ2) is 2.70. The first-order valence-electron chi connectivity index (χ1n) is 4.16. The predicted octanol–water partition coefficient (Wildman–Crippen LogP) is 2.93. The number of thiazole rings is 1. The molecule has 0 aliphatic heterocycles. The normalized spacial score (nSPS) is 11.0. The summed E-state index contributed by atoms with van der Waals surface area (Å²) in [6, 6.07) is 1.79. The Balaban J connectivity index is 2.92. The van der Waals surface area contributed by atoms with Crippen LogP contribution in [0.1, 0.15) is 16.1 Å². The number of phenols is 1. The first-order chi connectivity index (χ1) is 6.09. The number of phenolic OH excluding ortho intramolecular Hbond substituents is 1. The fraction of sp³-hybridized carbons (Fsp3) is 0.300. The van der Waals surface area contributed by atoms with E-state index in [2.05, 4.69) is 4.98 Å². The van der Waals surface area contributed by atoms with Gasteiger partial charge >= 0.3 is 0 Å². The van der Waals surface area contributed by atoms with Gasteiger partial charge in [-0.3, -0.25) is 0 Å². The van der Waals surface area contributed by atoms with Crippen LogP contribution in [0.25, 0.3) is 10.2 Å². The highest BCUT2D eigenvalue weighted by Crippen LogP contribution is 2.31. The Morgan fingerprint density at radius 3 is 2.62 bits per heavy atom. The molecule has 1 aromatic carbocycles. The fourth-order valence-electron chi connectivity index (χ4n) is 1.41. The summed E-state index contributed by atoms with van der Waals surface area (Å²) in [5.41, 5.74) is 3.04. The molecule has 0 bridgehead atoms. The Labute approximate surface area is 80.9 Å². The molecule has 2 rings (SSSR count). The molecule has 2 nitrogen and oxygen atoms in total. The van der Waals surface area contributed by atoms with Crippen molar-refractivity contribution >= 4 is 21.6 Å². The molecule has 0 atom stereocenters. The first-order valence-corrected chi connectivity index (χ1v) is 4.97. The van der Waals surface area contributed by atoms with E-state index < -0.39 is 0 Å². The smallest absolute Gasteiger partial charge is 0.120 e. The molecular formula is C10H11NOS. The van der Waals surface area contributed by atoms with Gasteiger partial charge in [-0.15, -0.1) is 11.3 Å². The van der Waals surface area contributed by atoms with Crippen molar-refractivity contribution < 1.29 is 5.11 Å². The van der Waals surface area contributed by atoms with Crippen LogP contribution in [-0.2, 0) is 0 Å². The minimum absolute atomic E-state index is 0.369. The highest BCUT2D eigenvalue weighted by Gasteiger charge is 2.09. The van der Waals surface area contributed by atoms with E-state index in [9.17, 15) is 5.11 Å². The van der Waals surface area contributed by atoms with E-state index in [1.165, 1.54) is 0 Å². The van der Waals surface area contributed by atoms with Gasteiger partial charge in [0.15, 0.2) is 0 Å². The van der Waals surface area contributed by atoms with Crippen molar-refractivity contribution in [1.82, 2.24) is 4.98 Å². The van der Waals surface area contributed by atoms with Crippen LogP contribution >= 0.6 is 11.3 Å². The molecule has 3 heteroatoms. The second-order valence-corrected chi connectivity index (χ2v) is 4.46. The summed E-state index contributed by atoms with van der Waals surface area (Å²) in [4.78, 5) is 4.42. The lowest BCUT2D eigenvalue weighted by molar-refractivity contribution is 0.471. The summed E-state index contributed by atoms with van der Waals surface area (Å²) >= 11 is 1.62. The average Bonchev–Trinajstić information content (AvgIpc) is 2.42. The minimum atomic E-state index is 0.369. The maximum atomic E-state index is 9.59. The molecule has 0 aliphatic carbocycles. The van der Waals surface area contributed by atoms with E-state index in [0.29, 0.717) is 5.75 Å². The van der Waals surface area contributed by atoms with Gasteiger partial charge in [0.05, 0.1) is 15.2 Å². The van der Waals surface area contributed by atoms with Gasteiger partial charge in [-0.2, -0.15) is 0 Å². The molecule has 0 saturated carbocycles. The maximum absolute atomic E-state index is 9.59. The number of benzene rings is 1. The van der Waals surface area contributed by atoms with Crippen LogP contribution < -0.4 is 0 Å². The van der Waals surface area contributed by atoms with Crippen LogP contribution in [0.3, 0.4) is 0 Å². The van der Waals surface area contributed by atoms with Gasteiger partial charge in [-0.25, -0.2) is 4.98 Å². The van der Waals surface area contributed by atoms with E-state index in [1.54, 1.807) is 17.4 Å². The highest BCUT2D eigenvalue weighted by atomic mass is 32.1. The van der Waals surface area contributed by atoms with Gasteiger partial charge in [-0.05, 0) is 38.0 Å². The molecule has 2 aromatic rings. The molecule has 0 amide bonds. The van der Waals surface area contributed by atoms with Crippen molar-refractivity contribution in [1.29, 1.82) is 0 Å². The van der Waals surface area contributed by atoms with E-state index >= 15 is 0 Å². The Bertz CT molecular complexity index is 473. The van der Waals surface area contributed by atoms with E-state index in [-0.39, 0.29) is 0 Å². The lowest BCUT2D eigenvalue weighted by atomic mass is 10.1. The Morgan fingerprint density at radius 2 is 1.92 bits per heavy atom. The van der Waals surface area contributed by atoms with Crippen molar-refractivity contribution in [3.8, 4) is 5.75 Å². The van der Waals surface area contributed by atoms with E-state index in [4.69, 9.17) is 0 Å². The van der Waals surface area contributed by atoms with Crippen molar-refractivity contribution in [2.45, 2.75) is 20.8 Å². The zero-order valence-corrected chi connectivity index (χ0v) is 8.70. The van der Waals surface area contributed by atoms with Gasteiger partial charge < -0.3 is 5.11 Å². The van der Waals surface area contributed by atoms with Crippen LogP contribution in [0.4, 0.5) is 0 Å². The summed E-state index contributed by atoms with van der Waals surface area (Å²) in [5, 5.41) is 10.6. The molecule has 0 aliphatic rings. The number of nitrogens with zero attached hydrogens (tertiary/aromatic N) is 1. The Morgan fingerprint density at radius 1 is 1.23 bits per heavy atom. The number of hydrogen-bond donors (Lipinski definition) is 1. The third-order valence-corrected chi connectivity index (χ3v) is 3.25. The van der Waals surface area contributed by atoms with E-state index in [1.807, 2.05) is 20.8 Å². The van der Waals surface area contributed by atoms with Crippen molar-refractivity contribution in [2.24, 2.45) is 0 Å². The highest BCUT2D eigenvalue weighted by molar-refractivity contribution is 7.18. The van der Waals surface area contributed by atoms with Gasteiger partial charge in [0.25, 0.3) is 0 Å². The van der Waals surface area contributed by atoms with Gasteiger partial charge in [0, 0.05) is 0 Å². The first kappa shape index (κ1) is 8.51. The molecule has 1 heterocycles. The van der Waals surface area contributed by atoms with Crippen LogP contribution in [0.2, 0.25) is 0 Å². The minimum Gasteiger partial charge on any atom is -0.508 e. The van der Waals surface area contributed by atoms with Crippen LogP contribution in [-0.4, -0.2) is 10.1 Å². The largest absolute Gasteiger partial charge is 0.508 e. The lowest BCUT2D eigenvalue weighted by Crippen LogP contribution is -1.83. The molecule has 0 fully saturated rings. The molecular weight excluding hydrogens is 182 g/mol. The van der Waals surface area contributed by atoms with Crippen molar-refractivity contribution in [3.63, 3.8) is 0 Å². The SMILES string of the molecule is Cc1nc2c(C)c(C)c(O)cc2s1. The third-order valence-electron chi connectivity index (χ3n) is 2.33. The molecule has 13 heavy (non-hydrogen) atoms. The molecule has 0 unspecified atom stereocenters. The quantitative estimate of drug-likeness (QED) is 0.697. The van der Waals surface area contributed by atoms with Crippen LogP contribution in [0.15, 0.2) is 6.07 Å². The topological polar surface area (TPSA) is 33.1 Å². The molecule has 0 saturated heterocycles. The molecule has 1 N–H and O–H groups in total. The molecule has 0 spiro atoms. The number of aryl methyl sites for hydroxylation is 2. The van der Waals surface area contributed by atoms with Crippen LogP contribution in [0, 0.1) is 20.8 Å². The fourth-order valence-corrected chi connectivity index (χ4v) is 2.33. The van der Waals surface area contributed by atoms with Gasteiger partial charge in [-0.1, -0.05) is 0 Å². The second-order valence-electron chi connectivity index (χ2n) is 3.23. The standard InChI is InChI=1S/C10H11NOS/c1-5-6(2)10-9(4-8(5)12)13-7(3)11-10/h4,12H,1-3H3. The number of fused-ring (bicyclic) bond motifs is 1. The predicted molar refractivity (Wildman–Crippen MR) is 55.5 cm³/mol. The van der Waals surface area contributed by atoms with Gasteiger partial charge in [0.1, 0.15) is 5.75 Å². The number of aromatic hydroxyl groups is 1. The number of rotatable bonds is 0. The average molecular weight is 193 g/mol. The van der Waals surface area contributed by atoms with Crippen molar-refractivity contribution in [3.05, 3.63) is 22.2 Å². The summed E-state index contributed by atoms with van der Waals surface area (Å²) < 4.78 is 1.07. The zero-order valence-electron chi connectivity index (χ0n) is 7.88. The Hall–Kier alpha value is -1.09. The van der Waals surface area contributed by atoms with Crippen molar-refractivity contribution in [2.75, 3.05) is 0 Å². The third kappa shape index (κ3) is 1.20. The van der Waals surface area contributed by atoms with E-state index in [0.717, 1.165) is 26.4 Å². The summed E-state index contributed by atoms with van der Waals surface area (Å²) in [6.45, 7) is 5.89. The molecule has 0 radical (unpaired) electrons. The molecule has 68 valence electrons. The number of aromatic nitrogens is 1. The summed E-state index contributed by atoms with van der Waals surface area (Å²) in [5.74, 6) is 0.369. The summed E-state index contributed by atoms with van der Waals surface area (Å²) in [7, 11) is 0. The molecule has 1 aromatic heterocycles. The van der Waals surface area contributed by atoms with Gasteiger partial charge in [0.2, 0.25) is 0 Å². The maximum Gasteiger partial charge on any atom is 0.120 e. The number of hydrogen-bond acceptors (Lipinski definition) is 3. The summed E-state index contributed by atoms with van der Waals surface area (Å²) in [6.07, 6.45) is 0. The lowest BCUT2D eigenvalue weighted by Gasteiger charge is -2.02. The zero-order chi connectivity index (χ0) is 9.59. The van der Waals surface area contributed by atoms with Crippen LogP contribution in [0.5, 0.6) is 5.75 Å². The Kier molecular flexibility index (Phi) is 1.77.